The minimum atomic E-state index is 0.0871. The number of ketones is 1. The second-order valence-corrected chi connectivity index (χ2v) is 5.77. The van der Waals surface area contributed by atoms with Crippen LogP contribution in [0.15, 0.2) is 23.6 Å². The van der Waals surface area contributed by atoms with Crippen LogP contribution in [0.1, 0.15) is 33.0 Å². The second-order valence-electron chi connectivity index (χ2n) is 4.70. The second kappa shape index (κ2) is 5.13. The summed E-state index contributed by atoms with van der Waals surface area (Å²) in [6.45, 7) is 2.65. The quantitative estimate of drug-likeness (QED) is 0.806. The topological polar surface area (TPSA) is 39.2 Å². The van der Waals surface area contributed by atoms with Crippen molar-refractivity contribution in [1.29, 1.82) is 0 Å². The number of para-hydroxylation sites is 1. The highest BCUT2D eigenvalue weighted by Gasteiger charge is 2.19. The van der Waals surface area contributed by atoms with Crippen LogP contribution in [0.5, 0.6) is 5.75 Å². The summed E-state index contributed by atoms with van der Waals surface area (Å²) in [7, 11) is 0. The fourth-order valence-corrected chi connectivity index (χ4v) is 2.97. The van der Waals surface area contributed by atoms with E-state index in [-0.39, 0.29) is 5.78 Å². The van der Waals surface area contributed by atoms with Crippen molar-refractivity contribution >= 4 is 17.1 Å². The van der Waals surface area contributed by atoms with Gasteiger partial charge in [-0.15, -0.1) is 11.3 Å². The average molecular weight is 273 g/mol. The Bertz CT molecular complexity index is 618. The summed E-state index contributed by atoms with van der Waals surface area (Å²) >= 11 is 1.58. The molecule has 0 fully saturated rings. The van der Waals surface area contributed by atoms with Crippen LogP contribution in [0.2, 0.25) is 0 Å². The number of thiazole rings is 1. The highest BCUT2D eigenvalue weighted by molar-refractivity contribution is 7.09. The monoisotopic (exact) mass is 273 g/mol. The van der Waals surface area contributed by atoms with Crippen LogP contribution in [0.25, 0.3) is 0 Å². The van der Waals surface area contributed by atoms with E-state index in [1.54, 1.807) is 11.3 Å². The Balaban J connectivity index is 1.87. The third-order valence-corrected chi connectivity index (χ3v) is 4.06. The summed E-state index contributed by atoms with van der Waals surface area (Å²) in [4.78, 5) is 16.7. The Morgan fingerprint density at radius 2 is 2.37 bits per heavy atom. The molecule has 0 saturated heterocycles. The molecule has 0 unspecified atom stereocenters. The van der Waals surface area contributed by atoms with Crippen LogP contribution < -0.4 is 4.74 Å². The number of benzene rings is 1. The number of fused-ring (bicyclic) bond motifs is 1. The van der Waals surface area contributed by atoms with E-state index in [1.165, 1.54) is 0 Å². The van der Waals surface area contributed by atoms with Crippen molar-refractivity contribution in [3.63, 3.8) is 0 Å². The lowest BCUT2D eigenvalue weighted by molar-refractivity contribution is 0.0987. The highest BCUT2D eigenvalue weighted by Crippen LogP contribution is 2.29. The Morgan fingerprint density at radius 1 is 1.47 bits per heavy atom. The summed E-state index contributed by atoms with van der Waals surface area (Å²) in [5.41, 5.74) is 2.69. The highest BCUT2D eigenvalue weighted by atomic mass is 32.1. The van der Waals surface area contributed by atoms with Gasteiger partial charge in [0.05, 0.1) is 29.3 Å². The van der Waals surface area contributed by atoms with Gasteiger partial charge >= 0.3 is 0 Å². The maximum absolute atomic E-state index is 12.4. The van der Waals surface area contributed by atoms with Crippen molar-refractivity contribution in [1.82, 2.24) is 4.98 Å². The Morgan fingerprint density at radius 3 is 3.16 bits per heavy atom. The van der Waals surface area contributed by atoms with Crippen molar-refractivity contribution in [2.45, 2.75) is 26.2 Å². The van der Waals surface area contributed by atoms with Crippen molar-refractivity contribution in [2.24, 2.45) is 0 Å². The summed E-state index contributed by atoms with van der Waals surface area (Å²) < 4.78 is 5.68. The van der Waals surface area contributed by atoms with E-state index in [0.717, 1.165) is 34.9 Å². The van der Waals surface area contributed by atoms with Gasteiger partial charge < -0.3 is 4.74 Å². The largest absolute Gasteiger partial charge is 0.493 e. The SMILES string of the molecule is Cc1nc(CC(=O)c2cccc3c2OCCC3)cs1. The number of ether oxygens (including phenoxy) is 1. The molecule has 0 radical (unpaired) electrons. The lowest BCUT2D eigenvalue weighted by atomic mass is 9.98. The first kappa shape index (κ1) is 12.4. The van der Waals surface area contributed by atoms with Gasteiger partial charge in [0.1, 0.15) is 5.75 Å². The maximum Gasteiger partial charge on any atom is 0.172 e. The smallest absolute Gasteiger partial charge is 0.172 e. The van der Waals surface area contributed by atoms with E-state index in [0.29, 0.717) is 18.6 Å². The number of rotatable bonds is 3. The molecule has 98 valence electrons. The first-order valence-corrected chi connectivity index (χ1v) is 7.31. The van der Waals surface area contributed by atoms with Crippen molar-refractivity contribution < 1.29 is 9.53 Å². The number of nitrogens with zero attached hydrogens (tertiary/aromatic N) is 1. The molecule has 3 rings (SSSR count). The molecule has 19 heavy (non-hydrogen) atoms. The molecular formula is C15H15NO2S. The van der Waals surface area contributed by atoms with Gasteiger partial charge in [-0.3, -0.25) is 4.79 Å². The van der Waals surface area contributed by atoms with Crippen molar-refractivity contribution in [3.05, 3.63) is 45.4 Å². The van der Waals surface area contributed by atoms with Crippen LogP contribution in [-0.2, 0) is 12.8 Å². The zero-order valence-electron chi connectivity index (χ0n) is 10.8. The fourth-order valence-electron chi connectivity index (χ4n) is 2.36. The number of hydrogen-bond donors (Lipinski definition) is 0. The van der Waals surface area contributed by atoms with Crippen molar-refractivity contribution in [2.75, 3.05) is 6.61 Å². The number of hydrogen-bond acceptors (Lipinski definition) is 4. The molecule has 1 aromatic carbocycles. The first-order chi connectivity index (χ1) is 9.24. The average Bonchev–Trinajstić information content (AvgIpc) is 2.83. The molecule has 4 heteroatoms. The van der Waals surface area contributed by atoms with E-state index in [1.807, 2.05) is 30.5 Å². The molecule has 2 heterocycles. The minimum Gasteiger partial charge on any atom is -0.493 e. The number of carbonyl (C=O) groups is 1. The van der Waals surface area contributed by atoms with E-state index in [9.17, 15) is 4.79 Å². The van der Waals surface area contributed by atoms with Gasteiger partial charge in [0, 0.05) is 5.38 Å². The molecule has 0 N–H and O–H groups in total. The zero-order valence-corrected chi connectivity index (χ0v) is 11.6. The molecule has 0 atom stereocenters. The van der Waals surface area contributed by atoms with Crippen LogP contribution in [0.4, 0.5) is 0 Å². The Labute approximate surface area is 116 Å². The van der Waals surface area contributed by atoms with Gasteiger partial charge in [0.15, 0.2) is 5.78 Å². The molecule has 0 amide bonds. The third-order valence-electron chi connectivity index (χ3n) is 3.24. The Kier molecular flexibility index (Phi) is 3.34. The summed E-state index contributed by atoms with van der Waals surface area (Å²) in [5, 5.41) is 2.94. The van der Waals surface area contributed by atoms with Gasteiger partial charge in [-0.25, -0.2) is 4.98 Å². The number of aryl methyl sites for hydroxylation is 2. The molecule has 1 aromatic heterocycles. The predicted molar refractivity (Wildman–Crippen MR) is 75.1 cm³/mol. The van der Waals surface area contributed by atoms with Gasteiger partial charge in [0.2, 0.25) is 0 Å². The van der Waals surface area contributed by atoms with Crippen LogP contribution >= 0.6 is 11.3 Å². The normalized spacial score (nSPS) is 13.7. The van der Waals surface area contributed by atoms with Gasteiger partial charge in [-0.05, 0) is 31.4 Å². The minimum absolute atomic E-state index is 0.0871. The molecule has 0 aliphatic carbocycles. The number of carbonyl (C=O) groups excluding carboxylic acids is 1. The third kappa shape index (κ3) is 2.54. The lowest BCUT2D eigenvalue weighted by Crippen LogP contribution is -2.14. The zero-order chi connectivity index (χ0) is 13.2. The first-order valence-electron chi connectivity index (χ1n) is 6.43. The van der Waals surface area contributed by atoms with E-state index in [2.05, 4.69) is 4.98 Å². The molecule has 0 bridgehead atoms. The van der Waals surface area contributed by atoms with Crippen LogP contribution in [0.3, 0.4) is 0 Å². The van der Waals surface area contributed by atoms with Crippen LogP contribution in [-0.4, -0.2) is 17.4 Å². The predicted octanol–water partition coefficient (Wildman–Crippen LogP) is 3.20. The maximum atomic E-state index is 12.4. The number of aromatic nitrogens is 1. The van der Waals surface area contributed by atoms with Crippen LogP contribution in [0, 0.1) is 6.92 Å². The standard InChI is InChI=1S/C15H15NO2S/c1-10-16-12(9-19-10)8-14(17)13-6-2-4-11-5-3-7-18-15(11)13/h2,4,6,9H,3,5,7-8H2,1H3. The van der Waals surface area contributed by atoms with Gasteiger partial charge in [-0.2, -0.15) is 0 Å². The molecule has 3 nitrogen and oxygen atoms in total. The molecule has 1 aliphatic rings. The van der Waals surface area contributed by atoms with Gasteiger partial charge in [-0.1, -0.05) is 12.1 Å². The molecule has 2 aromatic rings. The lowest BCUT2D eigenvalue weighted by Gasteiger charge is -2.19. The molecule has 0 saturated carbocycles. The Hall–Kier alpha value is -1.68. The summed E-state index contributed by atoms with van der Waals surface area (Å²) in [6.07, 6.45) is 2.37. The van der Waals surface area contributed by atoms with E-state index in [4.69, 9.17) is 4.74 Å². The summed E-state index contributed by atoms with van der Waals surface area (Å²) in [5.74, 6) is 0.870. The van der Waals surface area contributed by atoms with Crippen molar-refractivity contribution in [3.8, 4) is 5.75 Å². The van der Waals surface area contributed by atoms with E-state index >= 15 is 0 Å². The molecular weight excluding hydrogens is 258 g/mol. The molecule has 0 spiro atoms. The summed E-state index contributed by atoms with van der Waals surface area (Å²) in [6, 6.07) is 5.83. The number of Topliss-reactive ketones (excluding diaryl/α,β-unsaturated/α-hetero) is 1. The van der Waals surface area contributed by atoms with E-state index < -0.39 is 0 Å². The van der Waals surface area contributed by atoms with Gasteiger partial charge in [0.25, 0.3) is 0 Å². The molecule has 1 aliphatic heterocycles. The fraction of sp³-hybridized carbons (Fsp3) is 0.333.